The van der Waals surface area contributed by atoms with Crippen LogP contribution in [-0.4, -0.2) is 17.0 Å². The SMILES string of the molecule is CC[C@H](CC[C@@H](C)[C@H]1CC[C@H]2C3=C(CC[C@]12C)[C@@]1(C)CC[C@H](O)CC1=CC3=O)C(C)C. The first-order valence-electron chi connectivity index (χ1n) is 13.3. The highest BCUT2D eigenvalue weighted by Gasteiger charge is 2.56. The topological polar surface area (TPSA) is 37.3 Å². The highest BCUT2D eigenvalue weighted by atomic mass is 16.3. The van der Waals surface area contributed by atoms with Gasteiger partial charge in [-0.05, 0) is 92.4 Å². The lowest BCUT2D eigenvalue weighted by molar-refractivity contribution is -0.113. The van der Waals surface area contributed by atoms with E-state index in [1.165, 1.54) is 55.2 Å². The molecule has 0 unspecified atom stereocenters. The van der Waals surface area contributed by atoms with Crippen molar-refractivity contribution in [1.29, 1.82) is 0 Å². The Kier molecular flexibility index (Phi) is 6.36. The summed E-state index contributed by atoms with van der Waals surface area (Å²) >= 11 is 0. The van der Waals surface area contributed by atoms with Crippen molar-refractivity contribution in [3.05, 3.63) is 22.8 Å². The number of ketones is 1. The number of aliphatic hydroxyl groups is 1. The number of carbonyl (C=O) groups is 1. The number of fused-ring (bicyclic) bond motifs is 4. The number of hydrogen-bond acceptors (Lipinski definition) is 2. The van der Waals surface area contributed by atoms with Gasteiger partial charge in [0.15, 0.2) is 5.78 Å². The molecular formula is C29H46O2. The Balaban J connectivity index is 1.56. The van der Waals surface area contributed by atoms with Gasteiger partial charge in [-0.2, -0.15) is 0 Å². The second-order valence-electron chi connectivity index (χ2n) is 12.4. The predicted molar refractivity (Wildman–Crippen MR) is 129 cm³/mol. The van der Waals surface area contributed by atoms with Crippen molar-refractivity contribution >= 4 is 5.78 Å². The van der Waals surface area contributed by atoms with Gasteiger partial charge in [-0.1, -0.05) is 65.5 Å². The average Bonchev–Trinajstić information content (AvgIpc) is 3.06. The maximum Gasteiger partial charge on any atom is 0.182 e. The van der Waals surface area contributed by atoms with Crippen molar-refractivity contribution in [3.8, 4) is 0 Å². The summed E-state index contributed by atoms with van der Waals surface area (Å²) in [5.41, 5.74) is 4.19. The fourth-order valence-electron chi connectivity index (χ4n) is 8.35. The Morgan fingerprint density at radius 3 is 2.52 bits per heavy atom. The van der Waals surface area contributed by atoms with Crippen LogP contribution < -0.4 is 0 Å². The van der Waals surface area contributed by atoms with Crippen LogP contribution in [0.25, 0.3) is 0 Å². The van der Waals surface area contributed by atoms with E-state index in [4.69, 9.17) is 0 Å². The van der Waals surface area contributed by atoms with Gasteiger partial charge < -0.3 is 5.11 Å². The lowest BCUT2D eigenvalue weighted by Gasteiger charge is -2.51. The first kappa shape index (κ1) is 23.3. The molecule has 0 spiro atoms. The summed E-state index contributed by atoms with van der Waals surface area (Å²) in [5, 5.41) is 10.2. The summed E-state index contributed by atoms with van der Waals surface area (Å²) in [6.07, 6.45) is 13.0. The van der Waals surface area contributed by atoms with E-state index >= 15 is 0 Å². The van der Waals surface area contributed by atoms with Gasteiger partial charge in [-0.3, -0.25) is 4.79 Å². The fraction of sp³-hybridized carbons (Fsp3) is 0.828. The van der Waals surface area contributed by atoms with E-state index in [0.29, 0.717) is 12.3 Å². The Labute approximate surface area is 191 Å². The molecule has 4 aliphatic carbocycles. The largest absolute Gasteiger partial charge is 0.393 e. The van der Waals surface area contributed by atoms with E-state index in [2.05, 4.69) is 41.5 Å². The second-order valence-corrected chi connectivity index (χ2v) is 12.4. The minimum absolute atomic E-state index is 0.0269. The highest BCUT2D eigenvalue weighted by molar-refractivity contribution is 6.07. The molecule has 31 heavy (non-hydrogen) atoms. The van der Waals surface area contributed by atoms with E-state index in [9.17, 15) is 9.90 Å². The second kappa shape index (κ2) is 8.47. The Morgan fingerprint density at radius 1 is 1.10 bits per heavy atom. The van der Waals surface area contributed by atoms with Gasteiger partial charge in [0, 0.05) is 11.0 Å². The van der Waals surface area contributed by atoms with Crippen LogP contribution >= 0.6 is 0 Å². The molecule has 0 aromatic heterocycles. The lowest BCUT2D eigenvalue weighted by Crippen LogP contribution is -2.44. The molecule has 4 rings (SSSR count). The van der Waals surface area contributed by atoms with Crippen molar-refractivity contribution in [2.75, 3.05) is 0 Å². The van der Waals surface area contributed by atoms with Crippen LogP contribution in [0.3, 0.4) is 0 Å². The van der Waals surface area contributed by atoms with Crippen LogP contribution in [0.5, 0.6) is 0 Å². The molecule has 0 aliphatic heterocycles. The average molecular weight is 427 g/mol. The molecule has 0 saturated heterocycles. The maximum absolute atomic E-state index is 13.4. The molecule has 0 bridgehead atoms. The Hall–Kier alpha value is -0.890. The van der Waals surface area contributed by atoms with E-state index in [0.717, 1.165) is 42.9 Å². The predicted octanol–water partition coefficient (Wildman–Crippen LogP) is 7.27. The first-order valence-corrected chi connectivity index (χ1v) is 13.3. The molecule has 2 saturated carbocycles. The Morgan fingerprint density at radius 2 is 1.84 bits per heavy atom. The molecule has 2 heteroatoms. The molecule has 0 aromatic rings. The molecule has 4 aliphatic rings. The number of carbonyl (C=O) groups excluding carboxylic acids is 1. The van der Waals surface area contributed by atoms with Crippen LogP contribution in [0, 0.1) is 40.4 Å². The summed E-state index contributed by atoms with van der Waals surface area (Å²) in [4.78, 5) is 13.4. The minimum atomic E-state index is -0.266. The van der Waals surface area contributed by atoms with Gasteiger partial charge >= 0.3 is 0 Å². The summed E-state index contributed by atoms with van der Waals surface area (Å²) in [6, 6.07) is 0. The van der Waals surface area contributed by atoms with Gasteiger partial charge in [0.1, 0.15) is 0 Å². The molecule has 0 amide bonds. The van der Waals surface area contributed by atoms with Gasteiger partial charge in [0.05, 0.1) is 6.10 Å². The van der Waals surface area contributed by atoms with Crippen LogP contribution in [-0.2, 0) is 4.79 Å². The van der Waals surface area contributed by atoms with Crippen LogP contribution in [0.4, 0.5) is 0 Å². The number of allylic oxidation sites excluding steroid dienone is 3. The van der Waals surface area contributed by atoms with Crippen LogP contribution in [0.2, 0.25) is 0 Å². The molecule has 1 N–H and O–H groups in total. The van der Waals surface area contributed by atoms with Crippen molar-refractivity contribution in [2.24, 2.45) is 40.4 Å². The van der Waals surface area contributed by atoms with E-state index in [1.807, 2.05) is 6.08 Å². The number of hydrogen-bond donors (Lipinski definition) is 1. The number of aliphatic hydroxyl groups excluding tert-OH is 1. The van der Waals surface area contributed by atoms with Crippen molar-refractivity contribution in [2.45, 2.75) is 112 Å². The van der Waals surface area contributed by atoms with E-state index in [-0.39, 0.29) is 22.7 Å². The lowest BCUT2D eigenvalue weighted by atomic mass is 9.53. The molecule has 2 fully saturated rings. The molecule has 0 heterocycles. The molecule has 7 atom stereocenters. The van der Waals surface area contributed by atoms with Crippen molar-refractivity contribution in [3.63, 3.8) is 0 Å². The standard InChI is InChI=1S/C29H46O2/c1-7-20(18(2)3)9-8-19(4)23-10-11-24-27-25(13-15-29(23,24)6)28(5)14-12-22(30)16-21(28)17-26(27)31/h17-20,22-24,30H,7-16H2,1-6H3/t19-,20-,22+,23-,24+,28+,29-/m1/s1. The minimum Gasteiger partial charge on any atom is -0.393 e. The molecule has 174 valence electrons. The zero-order valence-corrected chi connectivity index (χ0v) is 21.0. The molecule has 0 radical (unpaired) electrons. The summed E-state index contributed by atoms with van der Waals surface area (Å²) < 4.78 is 0. The van der Waals surface area contributed by atoms with Gasteiger partial charge in [-0.15, -0.1) is 0 Å². The van der Waals surface area contributed by atoms with E-state index in [1.54, 1.807) is 0 Å². The third-order valence-corrected chi connectivity index (χ3v) is 10.5. The number of rotatable bonds is 6. The van der Waals surface area contributed by atoms with Crippen molar-refractivity contribution < 1.29 is 9.90 Å². The normalized spacial score (nSPS) is 39.7. The maximum atomic E-state index is 13.4. The van der Waals surface area contributed by atoms with Crippen LogP contribution in [0.15, 0.2) is 22.8 Å². The van der Waals surface area contributed by atoms with E-state index < -0.39 is 0 Å². The molecule has 0 aromatic carbocycles. The third kappa shape index (κ3) is 3.79. The van der Waals surface area contributed by atoms with Gasteiger partial charge in [0.2, 0.25) is 0 Å². The summed E-state index contributed by atoms with van der Waals surface area (Å²) in [6.45, 7) is 14.5. The zero-order valence-electron chi connectivity index (χ0n) is 21.0. The fourth-order valence-corrected chi connectivity index (χ4v) is 8.35. The summed E-state index contributed by atoms with van der Waals surface area (Å²) in [5.74, 6) is 3.85. The van der Waals surface area contributed by atoms with Gasteiger partial charge in [-0.25, -0.2) is 0 Å². The Bertz CT molecular complexity index is 774. The molecule has 2 nitrogen and oxygen atoms in total. The molecular weight excluding hydrogens is 380 g/mol. The zero-order chi connectivity index (χ0) is 22.6. The quantitative estimate of drug-likeness (QED) is 0.485. The van der Waals surface area contributed by atoms with Crippen LogP contribution in [0.1, 0.15) is 106 Å². The summed E-state index contributed by atoms with van der Waals surface area (Å²) in [7, 11) is 0. The first-order chi connectivity index (χ1) is 14.6. The smallest absolute Gasteiger partial charge is 0.182 e. The monoisotopic (exact) mass is 426 g/mol. The highest BCUT2D eigenvalue weighted by Crippen LogP contribution is 2.64. The third-order valence-electron chi connectivity index (χ3n) is 10.5. The van der Waals surface area contributed by atoms with Crippen molar-refractivity contribution in [1.82, 2.24) is 0 Å². The van der Waals surface area contributed by atoms with Gasteiger partial charge in [0.25, 0.3) is 0 Å².